The second-order valence-corrected chi connectivity index (χ2v) is 6.49. The summed E-state index contributed by atoms with van der Waals surface area (Å²) in [6.07, 6.45) is 1.66. The highest BCUT2D eigenvalue weighted by Crippen LogP contribution is 2.35. The Kier molecular flexibility index (Phi) is 4.91. The number of hydrogen-bond acceptors (Lipinski definition) is 7. The standard InChI is InChI=1S/C17H18N4O3S/c1-9-5-6-18-11(7-9)19-15(22)14-10(2)13-16(24-4)20-12(8-23-3)21-17(13)25-14/h5-7H,8H2,1-4H3,(H,18,19,22). The smallest absolute Gasteiger partial charge is 0.267 e. The number of aryl methyl sites for hydroxylation is 2. The van der Waals surface area contributed by atoms with Crippen molar-refractivity contribution in [1.29, 1.82) is 0 Å². The van der Waals surface area contributed by atoms with Crippen LogP contribution < -0.4 is 10.1 Å². The van der Waals surface area contributed by atoms with Crippen molar-refractivity contribution in [1.82, 2.24) is 15.0 Å². The highest BCUT2D eigenvalue weighted by Gasteiger charge is 2.21. The van der Waals surface area contributed by atoms with Gasteiger partial charge in [0.2, 0.25) is 5.88 Å². The Balaban J connectivity index is 2.01. The van der Waals surface area contributed by atoms with Gasteiger partial charge in [-0.05, 0) is 37.1 Å². The molecule has 0 unspecified atom stereocenters. The predicted molar refractivity (Wildman–Crippen MR) is 96.3 cm³/mol. The van der Waals surface area contributed by atoms with Gasteiger partial charge >= 0.3 is 0 Å². The van der Waals surface area contributed by atoms with Gasteiger partial charge in [-0.15, -0.1) is 11.3 Å². The lowest BCUT2D eigenvalue weighted by molar-refractivity contribution is 0.102. The van der Waals surface area contributed by atoms with Gasteiger partial charge in [0.1, 0.15) is 17.3 Å². The number of nitrogens with zero attached hydrogens (tertiary/aromatic N) is 3. The lowest BCUT2D eigenvalue weighted by Crippen LogP contribution is -2.12. The molecule has 0 fully saturated rings. The van der Waals surface area contributed by atoms with Crippen molar-refractivity contribution in [3.8, 4) is 5.88 Å². The first kappa shape index (κ1) is 17.2. The zero-order valence-electron chi connectivity index (χ0n) is 14.4. The van der Waals surface area contributed by atoms with Crippen molar-refractivity contribution in [3.05, 3.63) is 40.2 Å². The molecule has 0 saturated heterocycles. The molecule has 0 radical (unpaired) electrons. The molecule has 0 aliphatic heterocycles. The number of nitrogens with one attached hydrogen (secondary N) is 1. The topological polar surface area (TPSA) is 86.2 Å². The number of amides is 1. The fourth-order valence-electron chi connectivity index (χ4n) is 2.48. The maximum Gasteiger partial charge on any atom is 0.267 e. The molecule has 25 heavy (non-hydrogen) atoms. The second kappa shape index (κ2) is 7.12. The zero-order valence-corrected chi connectivity index (χ0v) is 15.2. The SMILES string of the molecule is COCc1nc(OC)c2c(C)c(C(=O)Nc3cc(C)ccn3)sc2n1. The van der Waals surface area contributed by atoms with Crippen LogP contribution in [0.15, 0.2) is 18.3 Å². The van der Waals surface area contributed by atoms with E-state index in [-0.39, 0.29) is 12.5 Å². The summed E-state index contributed by atoms with van der Waals surface area (Å²) in [5, 5.41) is 3.57. The van der Waals surface area contributed by atoms with Gasteiger partial charge in [0.05, 0.1) is 17.4 Å². The number of carbonyl (C=O) groups is 1. The molecular weight excluding hydrogens is 340 g/mol. The fraction of sp³-hybridized carbons (Fsp3) is 0.294. The highest BCUT2D eigenvalue weighted by molar-refractivity contribution is 7.20. The molecule has 0 spiro atoms. The van der Waals surface area contributed by atoms with Gasteiger partial charge in [-0.2, -0.15) is 4.98 Å². The van der Waals surface area contributed by atoms with E-state index >= 15 is 0 Å². The van der Waals surface area contributed by atoms with Crippen LogP contribution in [0.4, 0.5) is 5.82 Å². The summed E-state index contributed by atoms with van der Waals surface area (Å²) < 4.78 is 10.5. The number of hydrogen-bond donors (Lipinski definition) is 1. The van der Waals surface area contributed by atoms with Crippen LogP contribution in [0.1, 0.15) is 26.6 Å². The van der Waals surface area contributed by atoms with Gasteiger partial charge in [-0.1, -0.05) is 0 Å². The minimum absolute atomic E-state index is 0.228. The average molecular weight is 358 g/mol. The summed E-state index contributed by atoms with van der Waals surface area (Å²) in [5.74, 6) is 1.24. The van der Waals surface area contributed by atoms with Gasteiger partial charge in [-0.3, -0.25) is 4.79 Å². The zero-order chi connectivity index (χ0) is 18.0. The Morgan fingerprint density at radius 2 is 2.08 bits per heavy atom. The summed E-state index contributed by atoms with van der Waals surface area (Å²) in [6, 6.07) is 3.69. The molecule has 0 bridgehead atoms. The molecule has 3 aromatic rings. The van der Waals surface area contributed by atoms with Crippen LogP contribution in [0.5, 0.6) is 5.88 Å². The third kappa shape index (κ3) is 3.45. The molecule has 1 amide bonds. The van der Waals surface area contributed by atoms with Gasteiger partial charge < -0.3 is 14.8 Å². The number of thiophene rings is 1. The number of ether oxygens (including phenoxy) is 2. The maximum atomic E-state index is 12.7. The predicted octanol–water partition coefficient (Wildman–Crippen LogP) is 3.11. The minimum Gasteiger partial charge on any atom is -0.480 e. The van der Waals surface area contributed by atoms with Crippen molar-refractivity contribution in [3.63, 3.8) is 0 Å². The first-order chi connectivity index (χ1) is 12.0. The second-order valence-electron chi connectivity index (χ2n) is 5.49. The van der Waals surface area contributed by atoms with E-state index in [1.54, 1.807) is 20.4 Å². The van der Waals surface area contributed by atoms with Crippen LogP contribution in [0.2, 0.25) is 0 Å². The van der Waals surface area contributed by atoms with Crippen molar-refractivity contribution < 1.29 is 14.3 Å². The van der Waals surface area contributed by atoms with Crippen LogP contribution >= 0.6 is 11.3 Å². The van der Waals surface area contributed by atoms with Crippen molar-refractivity contribution >= 4 is 33.3 Å². The third-order valence-corrected chi connectivity index (χ3v) is 4.82. The highest BCUT2D eigenvalue weighted by atomic mass is 32.1. The Morgan fingerprint density at radius 1 is 1.28 bits per heavy atom. The summed E-state index contributed by atoms with van der Waals surface area (Å²) >= 11 is 1.30. The number of pyridine rings is 1. The number of methoxy groups -OCH3 is 2. The summed E-state index contributed by atoms with van der Waals surface area (Å²) in [6.45, 7) is 4.08. The Hall–Kier alpha value is -2.58. The number of fused-ring (bicyclic) bond motifs is 1. The van der Waals surface area contributed by atoms with Crippen molar-refractivity contribution in [2.45, 2.75) is 20.5 Å². The van der Waals surface area contributed by atoms with Gasteiger partial charge in [0.15, 0.2) is 5.82 Å². The van der Waals surface area contributed by atoms with E-state index in [0.29, 0.717) is 27.2 Å². The number of aromatic nitrogens is 3. The van der Waals surface area contributed by atoms with E-state index in [2.05, 4.69) is 20.3 Å². The fourth-order valence-corrected chi connectivity index (χ4v) is 3.57. The molecule has 0 aliphatic carbocycles. The summed E-state index contributed by atoms with van der Waals surface area (Å²) in [4.78, 5) is 26.9. The third-order valence-electron chi connectivity index (χ3n) is 3.63. The molecule has 0 saturated carbocycles. The largest absolute Gasteiger partial charge is 0.480 e. The molecule has 1 N–H and O–H groups in total. The molecule has 3 heterocycles. The monoisotopic (exact) mass is 358 g/mol. The van der Waals surface area contributed by atoms with E-state index in [1.165, 1.54) is 11.3 Å². The minimum atomic E-state index is -0.228. The molecule has 0 atom stereocenters. The van der Waals surface area contributed by atoms with Crippen LogP contribution in [-0.2, 0) is 11.3 Å². The Morgan fingerprint density at radius 3 is 2.76 bits per heavy atom. The lowest BCUT2D eigenvalue weighted by Gasteiger charge is -2.05. The summed E-state index contributed by atoms with van der Waals surface area (Å²) in [7, 11) is 3.12. The van der Waals surface area contributed by atoms with E-state index in [9.17, 15) is 4.79 Å². The molecular formula is C17H18N4O3S. The van der Waals surface area contributed by atoms with E-state index in [0.717, 1.165) is 16.5 Å². The van der Waals surface area contributed by atoms with E-state index < -0.39 is 0 Å². The van der Waals surface area contributed by atoms with E-state index in [1.807, 2.05) is 26.0 Å². The molecule has 7 nitrogen and oxygen atoms in total. The van der Waals surface area contributed by atoms with Crippen LogP contribution in [-0.4, -0.2) is 35.1 Å². The molecule has 0 aromatic carbocycles. The average Bonchev–Trinajstić information content (AvgIpc) is 2.91. The Labute approximate surface area is 149 Å². The van der Waals surface area contributed by atoms with Gasteiger partial charge in [0, 0.05) is 13.3 Å². The molecule has 0 aliphatic rings. The first-order valence-corrected chi connectivity index (χ1v) is 8.42. The Bertz CT molecular complexity index is 939. The number of carbonyl (C=O) groups excluding carboxylic acids is 1. The number of rotatable bonds is 5. The normalized spacial score (nSPS) is 10.9. The molecule has 8 heteroatoms. The van der Waals surface area contributed by atoms with Crippen LogP contribution in [0.3, 0.4) is 0 Å². The number of anilines is 1. The molecule has 130 valence electrons. The van der Waals surface area contributed by atoms with E-state index in [4.69, 9.17) is 9.47 Å². The van der Waals surface area contributed by atoms with Crippen molar-refractivity contribution in [2.24, 2.45) is 0 Å². The summed E-state index contributed by atoms with van der Waals surface area (Å²) in [5.41, 5.74) is 1.81. The van der Waals surface area contributed by atoms with Crippen molar-refractivity contribution in [2.75, 3.05) is 19.5 Å². The van der Waals surface area contributed by atoms with Crippen LogP contribution in [0, 0.1) is 13.8 Å². The lowest BCUT2D eigenvalue weighted by atomic mass is 10.2. The first-order valence-electron chi connectivity index (χ1n) is 7.60. The van der Waals surface area contributed by atoms with Gasteiger partial charge in [-0.25, -0.2) is 9.97 Å². The van der Waals surface area contributed by atoms with Gasteiger partial charge in [0.25, 0.3) is 5.91 Å². The molecule has 3 aromatic heterocycles. The quantitative estimate of drug-likeness (QED) is 0.754. The molecule has 3 rings (SSSR count). The van der Waals surface area contributed by atoms with Crippen LogP contribution in [0.25, 0.3) is 10.2 Å². The maximum absolute atomic E-state index is 12.7.